The van der Waals surface area contributed by atoms with Crippen LogP contribution >= 0.6 is 0 Å². The summed E-state index contributed by atoms with van der Waals surface area (Å²) in [5.41, 5.74) is 3.82. The van der Waals surface area contributed by atoms with Crippen LogP contribution in [0.4, 0.5) is 10.1 Å². The normalized spacial score (nSPS) is 15.1. The quantitative estimate of drug-likeness (QED) is 0.883. The van der Waals surface area contributed by atoms with Gasteiger partial charge in [-0.1, -0.05) is 6.07 Å². The van der Waals surface area contributed by atoms with Crippen molar-refractivity contribution in [2.75, 3.05) is 11.9 Å². The first kappa shape index (κ1) is 11.5. The monoisotopic (exact) mass is 244 g/mol. The van der Waals surface area contributed by atoms with E-state index >= 15 is 0 Å². The molecule has 2 aromatic rings. The molecule has 1 heterocycles. The Kier molecular flexibility index (Phi) is 2.69. The summed E-state index contributed by atoms with van der Waals surface area (Å²) in [5, 5.41) is 3.89. The van der Waals surface area contributed by atoms with Crippen molar-refractivity contribution in [1.82, 2.24) is 4.98 Å². The van der Waals surface area contributed by atoms with E-state index in [1.807, 2.05) is 19.9 Å². The Balaban J connectivity index is 2.29. The van der Waals surface area contributed by atoms with Crippen molar-refractivity contribution in [3.63, 3.8) is 0 Å². The number of aryl methyl sites for hydroxylation is 1. The zero-order valence-electron chi connectivity index (χ0n) is 10.8. The Labute approximate surface area is 106 Å². The number of fused-ring (bicyclic) bond motifs is 1. The minimum Gasteiger partial charge on any atom is -0.385 e. The fourth-order valence-electron chi connectivity index (χ4n) is 2.37. The second-order valence-electron chi connectivity index (χ2n) is 4.99. The van der Waals surface area contributed by atoms with Crippen LogP contribution in [0.25, 0.3) is 10.9 Å². The lowest BCUT2D eigenvalue weighted by Crippen LogP contribution is -2.02. The van der Waals surface area contributed by atoms with Gasteiger partial charge in [-0.05, 0) is 44.4 Å². The van der Waals surface area contributed by atoms with Crippen molar-refractivity contribution < 1.29 is 4.39 Å². The molecule has 0 radical (unpaired) electrons. The van der Waals surface area contributed by atoms with Crippen molar-refractivity contribution in [2.24, 2.45) is 0 Å². The van der Waals surface area contributed by atoms with Gasteiger partial charge in [-0.25, -0.2) is 4.39 Å². The molecule has 1 saturated carbocycles. The minimum absolute atomic E-state index is 0.193. The van der Waals surface area contributed by atoms with E-state index in [9.17, 15) is 4.39 Å². The number of hydrogen-bond acceptors (Lipinski definition) is 2. The minimum atomic E-state index is -0.193. The highest BCUT2D eigenvalue weighted by Crippen LogP contribution is 2.41. The first-order valence-electron chi connectivity index (χ1n) is 6.54. The molecule has 3 rings (SSSR count). The van der Waals surface area contributed by atoms with E-state index in [2.05, 4.69) is 10.3 Å². The van der Waals surface area contributed by atoms with Crippen molar-refractivity contribution in [3.8, 4) is 0 Å². The van der Waals surface area contributed by atoms with Crippen LogP contribution in [0.2, 0.25) is 0 Å². The van der Waals surface area contributed by atoms with Crippen LogP contribution in [0.15, 0.2) is 18.2 Å². The summed E-state index contributed by atoms with van der Waals surface area (Å²) in [6, 6.07) is 5.35. The molecule has 0 bridgehead atoms. The smallest absolute Gasteiger partial charge is 0.134 e. The maximum absolute atomic E-state index is 14.0. The molecule has 0 amide bonds. The van der Waals surface area contributed by atoms with Gasteiger partial charge in [0, 0.05) is 23.8 Å². The zero-order chi connectivity index (χ0) is 12.7. The van der Waals surface area contributed by atoms with Crippen molar-refractivity contribution in [3.05, 3.63) is 35.3 Å². The van der Waals surface area contributed by atoms with E-state index < -0.39 is 0 Å². The highest BCUT2D eigenvalue weighted by Gasteiger charge is 2.26. The van der Waals surface area contributed by atoms with Crippen molar-refractivity contribution in [2.45, 2.75) is 32.6 Å². The Morgan fingerprint density at radius 2 is 2.17 bits per heavy atom. The number of anilines is 1. The number of rotatable bonds is 3. The molecule has 0 atom stereocenters. The van der Waals surface area contributed by atoms with E-state index in [-0.39, 0.29) is 5.82 Å². The maximum atomic E-state index is 14.0. The summed E-state index contributed by atoms with van der Waals surface area (Å²) >= 11 is 0. The molecule has 18 heavy (non-hydrogen) atoms. The highest BCUT2D eigenvalue weighted by molar-refractivity contribution is 5.94. The lowest BCUT2D eigenvalue weighted by molar-refractivity contribution is 0.639. The Hall–Kier alpha value is -1.64. The standard InChI is InChI=1S/C15H17FN2/c1-3-17-13-8-12(10-5-6-10)18-15-9(2)4-7-11(16)14(13)15/h4,7-8,10H,3,5-6H2,1-2H3,(H,17,18). The summed E-state index contributed by atoms with van der Waals surface area (Å²) in [6.07, 6.45) is 2.41. The van der Waals surface area contributed by atoms with Crippen molar-refractivity contribution in [1.29, 1.82) is 0 Å². The van der Waals surface area contributed by atoms with E-state index in [1.165, 1.54) is 18.9 Å². The zero-order valence-corrected chi connectivity index (χ0v) is 10.8. The van der Waals surface area contributed by atoms with Gasteiger partial charge in [0.05, 0.1) is 10.9 Å². The van der Waals surface area contributed by atoms with Gasteiger partial charge in [0.1, 0.15) is 5.82 Å². The fraction of sp³-hybridized carbons (Fsp3) is 0.400. The molecule has 0 saturated heterocycles. The third-order valence-corrected chi connectivity index (χ3v) is 3.49. The molecule has 1 aliphatic carbocycles. The lowest BCUT2D eigenvalue weighted by Gasteiger charge is -2.12. The van der Waals surface area contributed by atoms with Gasteiger partial charge in [-0.15, -0.1) is 0 Å². The Bertz CT molecular complexity index is 603. The van der Waals surface area contributed by atoms with E-state index in [0.29, 0.717) is 11.3 Å². The van der Waals surface area contributed by atoms with Gasteiger partial charge in [0.15, 0.2) is 0 Å². The summed E-state index contributed by atoms with van der Waals surface area (Å²) in [4.78, 5) is 4.66. The van der Waals surface area contributed by atoms with Gasteiger partial charge in [0.25, 0.3) is 0 Å². The number of benzene rings is 1. The molecule has 0 aliphatic heterocycles. The van der Waals surface area contributed by atoms with Crippen LogP contribution in [0.3, 0.4) is 0 Å². The Morgan fingerprint density at radius 1 is 1.39 bits per heavy atom. The topological polar surface area (TPSA) is 24.9 Å². The van der Waals surface area contributed by atoms with Gasteiger partial charge < -0.3 is 5.32 Å². The molecule has 3 heteroatoms. The van der Waals surface area contributed by atoms with E-state index in [0.717, 1.165) is 29.0 Å². The molecule has 1 fully saturated rings. The fourth-order valence-corrected chi connectivity index (χ4v) is 2.37. The summed E-state index contributed by atoms with van der Waals surface area (Å²) in [6.45, 7) is 4.80. The highest BCUT2D eigenvalue weighted by atomic mass is 19.1. The molecule has 1 aromatic carbocycles. The van der Waals surface area contributed by atoms with Crippen LogP contribution in [0.5, 0.6) is 0 Å². The van der Waals surface area contributed by atoms with Crippen molar-refractivity contribution >= 4 is 16.6 Å². The van der Waals surface area contributed by atoms with Crippen LogP contribution in [0, 0.1) is 12.7 Å². The van der Waals surface area contributed by atoms with Gasteiger partial charge in [0.2, 0.25) is 0 Å². The average Bonchev–Trinajstić information content (AvgIpc) is 3.18. The molecule has 1 aromatic heterocycles. The average molecular weight is 244 g/mol. The second kappa shape index (κ2) is 4.23. The number of nitrogens with zero attached hydrogens (tertiary/aromatic N) is 1. The molecule has 1 N–H and O–H groups in total. The third-order valence-electron chi connectivity index (χ3n) is 3.49. The van der Waals surface area contributed by atoms with Crippen LogP contribution in [-0.4, -0.2) is 11.5 Å². The van der Waals surface area contributed by atoms with Gasteiger partial charge >= 0.3 is 0 Å². The predicted molar refractivity (Wildman–Crippen MR) is 72.6 cm³/mol. The van der Waals surface area contributed by atoms with Gasteiger partial charge in [-0.2, -0.15) is 0 Å². The Morgan fingerprint density at radius 3 is 2.83 bits per heavy atom. The first-order valence-corrected chi connectivity index (χ1v) is 6.54. The number of aromatic nitrogens is 1. The molecule has 0 spiro atoms. The first-order chi connectivity index (χ1) is 8.70. The predicted octanol–water partition coefficient (Wildman–Crippen LogP) is 3.99. The molecule has 0 unspecified atom stereocenters. The molecule has 2 nitrogen and oxygen atoms in total. The number of hydrogen-bond donors (Lipinski definition) is 1. The number of pyridine rings is 1. The molecule has 1 aliphatic rings. The number of halogens is 1. The molecule has 94 valence electrons. The summed E-state index contributed by atoms with van der Waals surface area (Å²) < 4.78 is 14.0. The maximum Gasteiger partial charge on any atom is 0.134 e. The molecular weight excluding hydrogens is 227 g/mol. The SMILES string of the molecule is CCNc1cc(C2CC2)nc2c(C)ccc(F)c12. The second-order valence-corrected chi connectivity index (χ2v) is 4.99. The summed E-state index contributed by atoms with van der Waals surface area (Å²) in [5.74, 6) is 0.385. The summed E-state index contributed by atoms with van der Waals surface area (Å²) in [7, 11) is 0. The van der Waals surface area contributed by atoms with E-state index in [1.54, 1.807) is 6.07 Å². The van der Waals surface area contributed by atoms with E-state index in [4.69, 9.17) is 0 Å². The third kappa shape index (κ3) is 1.84. The van der Waals surface area contributed by atoms with Crippen LogP contribution in [-0.2, 0) is 0 Å². The largest absolute Gasteiger partial charge is 0.385 e. The lowest BCUT2D eigenvalue weighted by atomic mass is 10.1. The van der Waals surface area contributed by atoms with Gasteiger partial charge in [-0.3, -0.25) is 4.98 Å². The van der Waals surface area contributed by atoms with Crippen LogP contribution in [0.1, 0.15) is 36.9 Å². The van der Waals surface area contributed by atoms with Crippen LogP contribution < -0.4 is 5.32 Å². The number of nitrogens with one attached hydrogen (secondary N) is 1. The molecular formula is C15H17FN2.